The molecule has 1 N–H and O–H groups in total. The molecule has 1 heterocycles. The summed E-state index contributed by atoms with van der Waals surface area (Å²) in [5.41, 5.74) is 3.97. The van der Waals surface area contributed by atoms with Crippen molar-refractivity contribution in [3.8, 4) is 11.1 Å². The Hall–Kier alpha value is -1.57. The number of aromatic nitrogens is 1. The van der Waals surface area contributed by atoms with E-state index in [4.69, 9.17) is 23.2 Å². The summed E-state index contributed by atoms with van der Waals surface area (Å²) in [5, 5.41) is 2.33. The zero-order chi connectivity index (χ0) is 22.1. The fraction of sp³-hybridized carbons (Fsp3) is 0.364. The van der Waals surface area contributed by atoms with E-state index >= 15 is 0 Å². The fourth-order valence-corrected chi connectivity index (χ4v) is 4.72. The molecule has 0 spiro atoms. The standard InChI is InChI=1S/C22H27Cl2N3O2S/c1-15(2)13-27-14-17(10-11-25-30(28,29)26(3)4)18-9-8-16(12-21(18)27)22-19(23)6-5-7-20(22)24/h5-9,12,14-15,25H,10-11,13H2,1-4H3. The molecule has 3 aromatic rings. The van der Waals surface area contributed by atoms with Gasteiger partial charge in [0.1, 0.15) is 0 Å². The number of nitrogens with one attached hydrogen (secondary N) is 1. The fourth-order valence-electron chi connectivity index (χ4n) is 3.48. The van der Waals surface area contributed by atoms with Gasteiger partial charge in [0.05, 0.1) is 0 Å². The van der Waals surface area contributed by atoms with E-state index in [9.17, 15) is 8.42 Å². The van der Waals surface area contributed by atoms with Crippen molar-refractivity contribution in [1.29, 1.82) is 0 Å². The minimum atomic E-state index is -3.44. The van der Waals surface area contributed by atoms with E-state index in [2.05, 4.69) is 41.5 Å². The maximum Gasteiger partial charge on any atom is 0.278 e. The maximum absolute atomic E-state index is 12.0. The molecule has 0 fully saturated rings. The van der Waals surface area contributed by atoms with Crippen molar-refractivity contribution in [2.45, 2.75) is 26.8 Å². The first-order chi connectivity index (χ1) is 14.1. The lowest BCUT2D eigenvalue weighted by atomic mass is 10.0. The van der Waals surface area contributed by atoms with Crippen molar-refractivity contribution in [3.63, 3.8) is 0 Å². The van der Waals surface area contributed by atoms with E-state index in [0.29, 0.717) is 28.9 Å². The normalized spacial score (nSPS) is 12.4. The summed E-state index contributed by atoms with van der Waals surface area (Å²) >= 11 is 12.8. The summed E-state index contributed by atoms with van der Waals surface area (Å²) in [5.74, 6) is 0.466. The minimum Gasteiger partial charge on any atom is -0.347 e. The van der Waals surface area contributed by atoms with E-state index in [-0.39, 0.29) is 0 Å². The molecule has 0 aliphatic rings. The van der Waals surface area contributed by atoms with Crippen molar-refractivity contribution in [2.24, 2.45) is 5.92 Å². The van der Waals surface area contributed by atoms with Crippen molar-refractivity contribution in [2.75, 3.05) is 20.6 Å². The summed E-state index contributed by atoms with van der Waals surface area (Å²) in [6.07, 6.45) is 2.72. The first kappa shape index (κ1) is 23.1. The van der Waals surface area contributed by atoms with Gasteiger partial charge in [0.15, 0.2) is 0 Å². The lowest BCUT2D eigenvalue weighted by Crippen LogP contribution is -2.36. The third kappa shape index (κ3) is 5.01. The van der Waals surface area contributed by atoms with Crippen molar-refractivity contribution in [3.05, 3.63) is 58.2 Å². The summed E-state index contributed by atoms with van der Waals surface area (Å²) < 4.78 is 30.0. The van der Waals surface area contributed by atoms with Gasteiger partial charge < -0.3 is 4.57 Å². The summed E-state index contributed by atoms with van der Waals surface area (Å²) in [6, 6.07) is 11.7. The molecule has 1 aromatic heterocycles. The number of benzene rings is 2. The molecular formula is C22H27Cl2N3O2S. The summed E-state index contributed by atoms with van der Waals surface area (Å²) in [7, 11) is -0.415. The highest BCUT2D eigenvalue weighted by Crippen LogP contribution is 2.37. The number of fused-ring (bicyclic) bond motifs is 1. The largest absolute Gasteiger partial charge is 0.347 e. The molecule has 0 aliphatic heterocycles. The first-order valence-electron chi connectivity index (χ1n) is 9.83. The smallest absolute Gasteiger partial charge is 0.278 e. The molecule has 5 nitrogen and oxygen atoms in total. The van der Waals surface area contributed by atoms with E-state index in [1.807, 2.05) is 24.3 Å². The minimum absolute atomic E-state index is 0.333. The van der Waals surface area contributed by atoms with Crippen LogP contribution in [-0.2, 0) is 23.2 Å². The molecule has 0 radical (unpaired) electrons. The van der Waals surface area contributed by atoms with Gasteiger partial charge in [0, 0.05) is 59.9 Å². The third-order valence-corrected chi connectivity index (χ3v) is 7.10. The van der Waals surface area contributed by atoms with Gasteiger partial charge in [-0.05, 0) is 41.7 Å². The molecule has 0 saturated carbocycles. The van der Waals surface area contributed by atoms with Crippen molar-refractivity contribution >= 4 is 44.3 Å². The Kier molecular flexibility index (Phi) is 7.15. The monoisotopic (exact) mass is 467 g/mol. The first-order valence-corrected chi connectivity index (χ1v) is 12.0. The SMILES string of the molecule is CC(C)Cn1cc(CCNS(=O)(=O)N(C)C)c2ccc(-c3c(Cl)cccc3Cl)cc21. The molecule has 0 amide bonds. The quantitative estimate of drug-likeness (QED) is 0.494. The predicted molar refractivity (Wildman–Crippen MR) is 127 cm³/mol. The molecule has 0 atom stereocenters. The van der Waals surface area contributed by atoms with Crippen LogP contribution in [0.15, 0.2) is 42.6 Å². The maximum atomic E-state index is 12.0. The van der Waals surface area contributed by atoms with Crippen LogP contribution in [0.1, 0.15) is 19.4 Å². The second kappa shape index (κ2) is 9.28. The molecule has 0 bridgehead atoms. The van der Waals surface area contributed by atoms with Crippen LogP contribution in [0, 0.1) is 5.92 Å². The highest BCUT2D eigenvalue weighted by molar-refractivity contribution is 7.87. The number of hydrogen-bond acceptors (Lipinski definition) is 2. The summed E-state index contributed by atoms with van der Waals surface area (Å²) in [4.78, 5) is 0. The second-order valence-corrected chi connectivity index (χ2v) is 10.7. The Balaban J connectivity index is 2.00. The highest BCUT2D eigenvalue weighted by atomic mass is 35.5. The van der Waals surface area contributed by atoms with Crippen LogP contribution in [0.3, 0.4) is 0 Å². The van der Waals surface area contributed by atoms with Gasteiger partial charge in [-0.15, -0.1) is 0 Å². The highest BCUT2D eigenvalue weighted by Gasteiger charge is 2.16. The Bertz CT molecular complexity index is 1130. The van der Waals surface area contributed by atoms with Crippen LogP contribution in [0.5, 0.6) is 0 Å². The lowest BCUT2D eigenvalue weighted by molar-refractivity contribution is 0.506. The van der Waals surface area contributed by atoms with Crippen LogP contribution >= 0.6 is 23.2 Å². The number of hydrogen-bond donors (Lipinski definition) is 1. The third-order valence-electron chi connectivity index (χ3n) is 4.94. The summed E-state index contributed by atoms with van der Waals surface area (Å²) in [6.45, 7) is 5.54. The Morgan fingerprint density at radius 2 is 1.77 bits per heavy atom. The average molecular weight is 468 g/mol. The van der Waals surface area contributed by atoms with Gasteiger partial charge in [0.2, 0.25) is 0 Å². The molecule has 2 aromatic carbocycles. The van der Waals surface area contributed by atoms with E-state index < -0.39 is 10.2 Å². The number of halogens is 2. The van der Waals surface area contributed by atoms with Crippen LogP contribution < -0.4 is 4.72 Å². The van der Waals surface area contributed by atoms with Crippen molar-refractivity contribution in [1.82, 2.24) is 13.6 Å². The molecule has 0 saturated heterocycles. The van der Waals surface area contributed by atoms with Gasteiger partial charge in [-0.2, -0.15) is 12.7 Å². The molecule has 3 rings (SSSR count). The zero-order valence-electron chi connectivity index (χ0n) is 17.6. The van der Waals surface area contributed by atoms with Crippen LogP contribution in [0.4, 0.5) is 0 Å². The predicted octanol–water partition coefficient (Wildman–Crippen LogP) is 5.21. The van der Waals surface area contributed by atoms with Gasteiger partial charge in [-0.25, -0.2) is 4.72 Å². The Morgan fingerprint density at radius 3 is 2.37 bits per heavy atom. The topological polar surface area (TPSA) is 54.3 Å². The molecular weight excluding hydrogens is 441 g/mol. The number of rotatable bonds is 8. The van der Waals surface area contributed by atoms with E-state index in [1.165, 1.54) is 18.4 Å². The second-order valence-electron chi connectivity index (χ2n) is 7.96. The molecule has 0 unspecified atom stereocenters. The van der Waals surface area contributed by atoms with Gasteiger partial charge in [0.25, 0.3) is 10.2 Å². The molecule has 0 aliphatic carbocycles. The van der Waals surface area contributed by atoms with Gasteiger partial charge in [-0.3, -0.25) is 0 Å². The molecule has 8 heteroatoms. The number of nitrogens with zero attached hydrogens (tertiary/aromatic N) is 2. The molecule has 30 heavy (non-hydrogen) atoms. The van der Waals surface area contributed by atoms with Crippen LogP contribution in [0.2, 0.25) is 10.0 Å². The Labute approximate surface area is 188 Å². The molecule has 162 valence electrons. The van der Waals surface area contributed by atoms with E-state index in [1.54, 1.807) is 0 Å². The zero-order valence-corrected chi connectivity index (χ0v) is 19.9. The van der Waals surface area contributed by atoms with Gasteiger partial charge >= 0.3 is 0 Å². The lowest BCUT2D eigenvalue weighted by Gasteiger charge is -2.12. The Morgan fingerprint density at radius 1 is 1.10 bits per heavy atom. The van der Waals surface area contributed by atoms with Crippen molar-refractivity contribution < 1.29 is 8.42 Å². The van der Waals surface area contributed by atoms with E-state index in [0.717, 1.165) is 34.1 Å². The average Bonchev–Trinajstić information content (AvgIpc) is 2.98. The van der Waals surface area contributed by atoms with Crippen LogP contribution in [0.25, 0.3) is 22.0 Å². The van der Waals surface area contributed by atoms with Crippen LogP contribution in [-0.4, -0.2) is 37.9 Å². The van der Waals surface area contributed by atoms with Gasteiger partial charge in [-0.1, -0.05) is 55.2 Å².